The summed E-state index contributed by atoms with van der Waals surface area (Å²) in [5, 5.41) is 3.23. The van der Waals surface area contributed by atoms with Gasteiger partial charge < -0.3 is 4.74 Å². The third kappa shape index (κ3) is 1.49. The van der Waals surface area contributed by atoms with Crippen molar-refractivity contribution in [2.24, 2.45) is 0 Å². The Balaban J connectivity index is 2.82. The summed E-state index contributed by atoms with van der Waals surface area (Å²) in [5.41, 5.74) is 1.03. The lowest BCUT2D eigenvalue weighted by Crippen LogP contribution is -1.91. The van der Waals surface area contributed by atoms with Gasteiger partial charge in [0.1, 0.15) is 5.75 Å². The molecule has 0 aliphatic carbocycles. The average Bonchev–Trinajstić information content (AvgIpc) is 2.62. The first-order valence-corrected chi connectivity index (χ1v) is 5.96. The lowest BCUT2D eigenvalue weighted by molar-refractivity contribution is 0.402. The molecule has 0 radical (unpaired) electrons. The summed E-state index contributed by atoms with van der Waals surface area (Å²) < 4.78 is 6.48. The highest BCUT2D eigenvalue weighted by Crippen LogP contribution is 2.37. The number of halogens is 1. The first kappa shape index (κ1) is 10.1. The molecule has 0 fully saturated rings. The fourth-order valence-electron chi connectivity index (χ4n) is 1.50. The van der Waals surface area contributed by atoms with Crippen LogP contribution in [0.15, 0.2) is 22.4 Å². The van der Waals surface area contributed by atoms with Crippen molar-refractivity contribution < 1.29 is 4.74 Å². The van der Waals surface area contributed by atoms with Crippen LogP contribution in [0.2, 0.25) is 0 Å². The summed E-state index contributed by atoms with van der Waals surface area (Å²) in [5.74, 6) is 1.24. The Hall–Kier alpha value is -0.380. The van der Waals surface area contributed by atoms with Crippen molar-refractivity contribution in [3.8, 4) is 5.75 Å². The molecule has 0 atom stereocenters. The second-order valence-corrected chi connectivity index (χ2v) is 4.55. The molecule has 14 heavy (non-hydrogen) atoms. The maximum Gasteiger partial charge on any atom is 0.138 e. The van der Waals surface area contributed by atoms with Crippen molar-refractivity contribution in [1.29, 1.82) is 0 Å². The number of thiol groups is 1. The van der Waals surface area contributed by atoms with E-state index in [0.717, 1.165) is 16.2 Å². The van der Waals surface area contributed by atoms with Gasteiger partial charge in [-0.25, -0.2) is 0 Å². The van der Waals surface area contributed by atoms with Crippen LogP contribution in [0.1, 0.15) is 5.56 Å². The molecular weight excluding hydrogens is 236 g/mol. The molecule has 2 aromatic rings. The number of alkyl halides is 1. The molecule has 1 aromatic carbocycles. The van der Waals surface area contributed by atoms with Crippen LogP contribution in [-0.2, 0) is 5.88 Å². The van der Waals surface area contributed by atoms with E-state index >= 15 is 0 Å². The minimum absolute atomic E-state index is 0.453. The number of benzene rings is 1. The van der Waals surface area contributed by atoms with Crippen LogP contribution < -0.4 is 4.74 Å². The zero-order valence-corrected chi connectivity index (χ0v) is 10.0. The maximum absolute atomic E-state index is 5.91. The van der Waals surface area contributed by atoms with E-state index < -0.39 is 0 Å². The van der Waals surface area contributed by atoms with Gasteiger partial charge in [0.15, 0.2) is 0 Å². The quantitative estimate of drug-likeness (QED) is 0.622. The molecule has 0 spiro atoms. The van der Waals surface area contributed by atoms with Crippen molar-refractivity contribution in [1.82, 2.24) is 0 Å². The second kappa shape index (κ2) is 4.01. The highest BCUT2D eigenvalue weighted by atomic mass is 35.5. The van der Waals surface area contributed by atoms with E-state index in [0.29, 0.717) is 5.88 Å². The lowest BCUT2D eigenvalue weighted by Gasteiger charge is -2.09. The van der Waals surface area contributed by atoms with Crippen molar-refractivity contribution in [2.45, 2.75) is 10.8 Å². The van der Waals surface area contributed by atoms with Gasteiger partial charge in [0.05, 0.1) is 13.0 Å². The van der Waals surface area contributed by atoms with E-state index in [1.807, 2.05) is 11.4 Å². The van der Waals surface area contributed by atoms with Crippen LogP contribution in [0.3, 0.4) is 0 Å². The fraction of sp³-hybridized carbons (Fsp3) is 0.200. The topological polar surface area (TPSA) is 9.23 Å². The maximum atomic E-state index is 5.91. The molecule has 0 aliphatic rings. The summed E-state index contributed by atoms with van der Waals surface area (Å²) >= 11 is 12.0. The van der Waals surface area contributed by atoms with E-state index in [4.69, 9.17) is 16.3 Å². The molecule has 74 valence electrons. The number of ether oxygens (including phenoxy) is 1. The molecular formula is C10H9ClOS2. The van der Waals surface area contributed by atoms with Crippen molar-refractivity contribution in [3.63, 3.8) is 0 Å². The Bertz CT molecular complexity index is 464. The smallest absolute Gasteiger partial charge is 0.138 e. The minimum Gasteiger partial charge on any atom is -0.495 e. The fourth-order valence-corrected chi connectivity index (χ4v) is 3.12. The molecule has 4 heteroatoms. The van der Waals surface area contributed by atoms with Gasteiger partial charge in [0, 0.05) is 15.2 Å². The zero-order chi connectivity index (χ0) is 10.1. The molecule has 0 aliphatic heterocycles. The molecule has 2 rings (SSSR count). The summed E-state index contributed by atoms with van der Waals surface area (Å²) in [4.78, 5) is 0.842. The molecule has 0 N–H and O–H groups in total. The molecule has 0 amide bonds. The largest absolute Gasteiger partial charge is 0.495 e. The molecule has 1 heterocycles. The van der Waals surface area contributed by atoms with Gasteiger partial charge in [0.25, 0.3) is 0 Å². The van der Waals surface area contributed by atoms with Crippen LogP contribution in [0.4, 0.5) is 0 Å². The summed E-state index contributed by atoms with van der Waals surface area (Å²) in [6.07, 6.45) is 0. The Morgan fingerprint density at radius 1 is 1.57 bits per heavy atom. The number of hydrogen-bond acceptors (Lipinski definition) is 3. The monoisotopic (exact) mass is 244 g/mol. The van der Waals surface area contributed by atoms with E-state index in [2.05, 4.69) is 18.7 Å². The van der Waals surface area contributed by atoms with Gasteiger partial charge in [-0.3, -0.25) is 0 Å². The highest BCUT2D eigenvalue weighted by Gasteiger charge is 2.12. The Morgan fingerprint density at radius 3 is 3.00 bits per heavy atom. The number of methoxy groups -OCH3 is 1. The van der Waals surface area contributed by atoms with Gasteiger partial charge in [-0.05, 0) is 22.9 Å². The number of rotatable bonds is 2. The predicted molar refractivity (Wildman–Crippen MR) is 65.2 cm³/mol. The van der Waals surface area contributed by atoms with E-state index in [1.54, 1.807) is 18.4 Å². The molecule has 0 saturated heterocycles. The van der Waals surface area contributed by atoms with Crippen LogP contribution in [0, 0.1) is 0 Å². The van der Waals surface area contributed by atoms with Crippen LogP contribution in [0.25, 0.3) is 10.1 Å². The van der Waals surface area contributed by atoms with Gasteiger partial charge in [-0.1, -0.05) is 0 Å². The zero-order valence-electron chi connectivity index (χ0n) is 7.58. The van der Waals surface area contributed by atoms with Gasteiger partial charge in [-0.2, -0.15) is 0 Å². The molecule has 1 nitrogen and oxygen atoms in total. The lowest BCUT2D eigenvalue weighted by atomic mass is 10.1. The average molecular weight is 245 g/mol. The number of hydrogen-bond donors (Lipinski definition) is 1. The van der Waals surface area contributed by atoms with Gasteiger partial charge in [-0.15, -0.1) is 35.6 Å². The van der Waals surface area contributed by atoms with E-state index in [-0.39, 0.29) is 0 Å². The van der Waals surface area contributed by atoms with Gasteiger partial charge >= 0.3 is 0 Å². The number of thiophene rings is 1. The standard InChI is InChI=1S/C10H9ClOS2/c1-12-9-7(5-11)10-6(2-3-14-10)4-8(9)13/h2-4,13H,5H2,1H3. The van der Waals surface area contributed by atoms with Crippen LogP contribution in [-0.4, -0.2) is 7.11 Å². The van der Waals surface area contributed by atoms with Crippen molar-refractivity contribution in [3.05, 3.63) is 23.1 Å². The van der Waals surface area contributed by atoms with Crippen molar-refractivity contribution in [2.75, 3.05) is 7.11 Å². The van der Waals surface area contributed by atoms with Crippen LogP contribution in [0.5, 0.6) is 5.75 Å². The third-order valence-corrected chi connectivity index (χ3v) is 3.70. The first-order valence-electron chi connectivity index (χ1n) is 4.10. The van der Waals surface area contributed by atoms with Gasteiger partial charge in [0.2, 0.25) is 0 Å². The van der Waals surface area contributed by atoms with E-state index in [9.17, 15) is 0 Å². The normalized spacial score (nSPS) is 10.8. The molecule has 0 unspecified atom stereocenters. The number of fused-ring (bicyclic) bond motifs is 1. The molecule has 0 saturated carbocycles. The minimum atomic E-state index is 0.453. The molecule has 0 bridgehead atoms. The second-order valence-electron chi connectivity index (χ2n) is 2.88. The Labute approximate surface area is 97.1 Å². The van der Waals surface area contributed by atoms with Crippen molar-refractivity contribution >= 4 is 45.7 Å². The Morgan fingerprint density at radius 2 is 2.36 bits per heavy atom. The first-order chi connectivity index (χ1) is 6.77. The molecule has 1 aromatic heterocycles. The van der Waals surface area contributed by atoms with E-state index in [1.165, 1.54) is 10.1 Å². The summed E-state index contributed by atoms with van der Waals surface area (Å²) in [7, 11) is 1.64. The predicted octanol–water partition coefficient (Wildman–Crippen LogP) is 3.94. The third-order valence-electron chi connectivity index (χ3n) is 2.11. The summed E-state index contributed by atoms with van der Waals surface area (Å²) in [6.45, 7) is 0. The van der Waals surface area contributed by atoms with Crippen LogP contribution >= 0.6 is 35.6 Å². The SMILES string of the molecule is COc1c(S)cc2ccsc2c1CCl. The summed E-state index contributed by atoms with van der Waals surface area (Å²) in [6, 6.07) is 4.07. The Kier molecular flexibility index (Phi) is 2.91. The highest BCUT2D eigenvalue weighted by molar-refractivity contribution is 7.80.